The standard InChI is InChI=1S/C14H28O2/c1-13(7-4-3-5-11-15)8-6-9-14(2)10-12-16/h11,13-14,16H,3-10,12H2,1-2H3. The average Bonchev–Trinajstić information content (AvgIpc) is 2.25. The lowest BCUT2D eigenvalue weighted by atomic mass is 9.94. The molecule has 0 aromatic rings. The lowest BCUT2D eigenvalue weighted by Crippen LogP contribution is -2.00. The molecule has 2 unspecified atom stereocenters. The maximum atomic E-state index is 10.1. The van der Waals surface area contributed by atoms with Crippen LogP contribution in [0, 0.1) is 11.8 Å². The molecule has 0 aliphatic heterocycles. The Morgan fingerprint density at radius 2 is 1.50 bits per heavy atom. The van der Waals surface area contributed by atoms with Crippen LogP contribution in [0.3, 0.4) is 0 Å². The maximum absolute atomic E-state index is 10.1. The normalized spacial score (nSPS) is 14.7. The average molecular weight is 228 g/mol. The zero-order valence-corrected chi connectivity index (χ0v) is 11.0. The second kappa shape index (κ2) is 11.1. The van der Waals surface area contributed by atoms with Crippen molar-refractivity contribution in [1.29, 1.82) is 0 Å². The number of hydrogen-bond acceptors (Lipinski definition) is 2. The molecule has 0 fully saturated rings. The molecule has 0 heterocycles. The van der Waals surface area contributed by atoms with E-state index in [0.29, 0.717) is 12.5 Å². The summed E-state index contributed by atoms with van der Waals surface area (Å²) in [5.74, 6) is 1.44. The van der Waals surface area contributed by atoms with E-state index in [2.05, 4.69) is 13.8 Å². The van der Waals surface area contributed by atoms with Crippen LogP contribution in [0.2, 0.25) is 0 Å². The highest BCUT2D eigenvalue weighted by Gasteiger charge is 2.05. The van der Waals surface area contributed by atoms with Crippen molar-refractivity contribution in [3.8, 4) is 0 Å². The fourth-order valence-electron chi connectivity index (χ4n) is 2.04. The van der Waals surface area contributed by atoms with Crippen LogP contribution in [0.5, 0.6) is 0 Å². The summed E-state index contributed by atoms with van der Waals surface area (Å²) in [6.07, 6.45) is 9.96. The highest BCUT2D eigenvalue weighted by molar-refractivity contribution is 5.48. The van der Waals surface area contributed by atoms with Gasteiger partial charge in [-0.2, -0.15) is 0 Å². The molecular weight excluding hydrogens is 200 g/mol. The molecule has 16 heavy (non-hydrogen) atoms. The minimum Gasteiger partial charge on any atom is -0.396 e. The zero-order valence-electron chi connectivity index (χ0n) is 11.0. The molecule has 0 aromatic heterocycles. The Labute approximate surface area is 100 Å². The van der Waals surface area contributed by atoms with Gasteiger partial charge in [0.1, 0.15) is 6.29 Å². The highest BCUT2D eigenvalue weighted by Crippen LogP contribution is 2.19. The van der Waals surface area contributed by atoms with Crippen molar-refractivity contribution in [3.63, 3.8) is 0 Å². The van der Waals surface area contributed by atoms with Crippen LogP contribution in [0.25, 0.3) is 0 Å². The third-order valence-electron chi connectivity index (χ3n) is 3.28. The van der Waals surface area contributed by atoms with E-state index in [1.807, 2.05) is 0 Å². The van der Waals surface area contributed by atoms with Crippen LogP contribution in [0.4, 0.5) is 0 Å². The van der Waals surface area contributed by atoms with Gasteiger partial charge in [-0.25, -0.2) is 0 Å². The van der Waals surface area contributed by atoms with Crippen molar-refractivity contribution in [3.05, 3.63) is 0 Å². The summed E-state index contributed by atoms with van der Waals surface area (Å²) in [5, 5.41) is 8.78. The second-order valence-electron chi connectivity index (χ2n) is 5.10. The van der Waals surface area contributed by atoms with Gasteiger partial charge in [0.05, 0.1) is 0 Å². The second-order valence-corrected chi connectivity index (χ2v) is 5.10. The summed E-state index contributed by atoms with van der Waals surface area (Å²) in [4.78, 5) is 10.1. The van der Waals surface area contributed by atoms with Crippen molar-refractivity contribution in [2.45, 2.75) is 65.2 Å². The number of aliphatic hydroxyl groups excluding tert-OH is 1. The van der Waals surface area contributed by atoms with E-state index in [9.17, 15) is 4.79 Å². The Hall–Kier alpha value is -0.370. The molecule has 0 rings (SSSR count). The van der Waals surface area contributed by atoms with Crippen LogP contribution < -0.4 is 0 Å². The molecule has 96 valence electrons. The minimum atomic E-state index is 0.322. The van der Waals surface area contributed by atoms with E-state index in [1.165, 1.54) is 32.1 Å². The van der Waals surface area contributed by atoms with Gasteiger partial charge < -0.3 is 9.90 Å². The number of hydrogen-bond donors (Lipinski definition) is 1. The molecule has 0 aliphatic carbocycles. The summed E-state index contributed by atoms with van der Waals surface area (Å²) in [6, 6.07) is 0. The number of carbonyl (C=O) groups is 1. The fraction of sp³-hybridized carbons (Fsp3) is 0.929. The molecule has 0 saturated carbocycles. The van der Waals surface area contributed by atoms with E-state index >= 15 is 0 Å². The third kappa shape index (κ3) is 10.2. The van der Waals surface area contributed by atoms with E-state index in [-0.39, 0.29) is 0 Å². The van der Waals surface area contributed by atoms with Crippen molar-refractivity contribution in [1.82, 2.24) is 0 Å². The first kappa shape index (κ1) is 15.6. The lowest BCUT2D eigenvalue weighted by Gasteiger charge is -2.13. The quantitative estimate of drug-likeness (QED) is 0.433. The first-order valence-corrected chi connectivity index (χ1v) is 6.75. The molecule has 0 saturated heterocycles. The molecule has 1 N–H and O–H groups in total. The Balaban J connectivity index is 3.29. The van der Waals surface area contributed by atoms with E-state index in [1.54, 1.807) is 0 Å². The monoisotopic (exact) mass is 228 g/mol. The van der Waals surface area contributed by atoms with Crippen LogP contribution in [0.1, 0.15) is 65.2 Å². The van der Waals surface area contributed by atoms with Crippen LogP contribution >= 0.6 is 0 Å². The molecule has 2 nitrogen and oxygen atoms in total. The summed E-state index contributed by atoms with van der Waals surface area (Å²) < 4.78 is 0. The van der Waals surface area contributed by atoms with Gasteiger partial charge in [0, 0.05) is 13.0 Å². The molecule has 0 bridgehead atoms. The zero-order chi connectivity index (χ0) is 12.2. The maximum Gasteiger partial charge on any atom is 0.119 e. The molecular formula is C14H28O2. The summed E-state index contributed by atoms with van der Waals surface area (Å²) in [6.45, 7) is 4.84. The fourth-order valence-corrected chi connectivity index (χ4v) is 2.04. The predicted octanol–water partition coefficient (Wildman–Crippen LogP) is 3.57. The Kier molecular flexibility index (Phi) is 10.9. The Morgan fingerprint density at radius 3 is 2.06 bits per heavy atom. The van der Waals surface area contributed by atoms with Crippen molar-refractivity contribution >= 4 is 6.29 Å². The number of carbonyl (C=O) groups excluding carboxylic acids is 1. The summed E-state index contributed by atoms with van der Waals surface area (Å²) >= 11 is 0. The first-order chi connectivity index (χ1) is 7.70. The van der Waals surface area contributed by atoms with Gasteiger partial charge in [-0.3, -0.25) is 0 Å². The smallest absolute Gasteiger partial charge is 0.119 e. The molecule has 2 heteroatoms. The summed E-state index contributed by atoms with van der Waals surface area (Å²) in [7, 11) is 0. The molecule has 0 amide bonds. The molecule has 0 radical (unpaired) electrons. The van der Waals surface area contributed by atoms with Gasteiger partial charge in [-0.15, -0.1) is 0 Å². The number of aldehydes is 1. The van der Waals surface area contributed by atoms with Crippen molar-refractivity contribution in [2.24, 2.45) is 11.8 Å². The highest BCUT2D eigenvalue weighted by atomic mass is 16.3. The molecule has 2 atom stereocenters. The van der Waals surface area contributed by atoms with Gasteiger partial charge in [-0.05, 0) is 24.7 Å². The SMILES string of the molecule is CC(CCO)CCCC(C)CCCCC=O. The number of rotatable bonds is 11. The van der Waals surface area contributed by atoms with Gasteiger partial charge in [0.25, 0.3) is 0 Å². The van der Waals surface area contributed by atoms with Crippen molar-refractivity contribution in [2.75, 3.05) is 6.61 Å². The Bertz CT molecular complexity index is 157. The number of unbranched alkanes of at least 4 members (excludes halogenated alkanes) is 2. The topological polar surface area (TPSA) is 37.3 Å². The van der Waals surface area contributed by atoms with Crippen LogP contribution in [0.15, 0.2) is 0 Å². The van der Waals surface area contributed by atoms with Crippen LogP contribution in [-0.2, 0) is 4.79 Å². The summed E-state index contributed by atoms with van der Waals surface area (Å²) in [5.41, 5.74) is 0. The molecule has 0 aromatic carbocycles. The lowest BCUT2D eigenvalue weighted by molar-refractivity contribution is -0.107. The van der Waals surface area contributed by atoms with Gasteiger partial charge in [0.15, 0.2) is 0 Å². The molecule has 0 aliphatic rings. The predicted molar refractivity (Wildman–Crippen MR) is 68.4 cm³/mol. The molecule has 0 spiro atoms. The third-order valence-corrected chi connectivity index (χ3v) is 3.28. The van der Waals surface area contributed by atoms with Crippen molar-refractivity contribution < 1.29 is 9.90 Å². The number of aliphatic hydroxyl groups is 1. The van der Waals surface area contributed by atoms with Crippen LogP contribution in [-0.4, -0.2) is 18.0 Å². The minimum absolute atomic E-state index is 0.322. The van der Waals surface area contributed by atoms with E-state index < -0.39 is 0 Å². The van der Waals surface area contributed by atoms with Gasteiger partial charge in [-0.1, -0.05) is 46.0 Å². The Morgan fingerprint density at radius 1 is 0.938 bits per heavy atom. The first-order valence-electron chi connectivity index (χ1n) is 6.75. The largest absolute Gasteiger partial charge is 0.396 e. The van der Waals surface area contributed by atoms with E-state index in [0.717, 1.165) is 31.5 Å². The van der Waals surface area contributed by atoms with Gasteiger partial charge in [0.2, 0.25) is 0 Å². The van der Waals surface area contributed by atoms with E-state index in [4.69, 9.17) is 5.11 Å². The van der Waals surface area contributed by atoms with Gasteiger partial charge >= 0.3 is 0 Å².